The fraction of sp³-hybridized carbons (Fsp3) is 0.0667. The maximum Gasteiger partial charge on any atom is 0.250 e. The van der Waals surface area contributed by atoms with Crippen molar-refractivity contribution in [1.82, 2.24) is 9.72 Å². The van der Waals surface area contributed by atoms with Crippen LogP contribution in [0.4, 0.5) is 4.39 Å². The number of pyridine rings is 1. The number of nitrogens with zero attached hydrogens (tertiary/aromatic N) is 2. The predicted octanol–water partition coefficient (Wildman–Crippen LogP) is 2.69. The van der Waals surface area contributed by atoms with E-state index in [-0.39, 0.29) is 11.4 Å². The van der Waals surface area contributed by atoms with Gasteiger partial charge >= 0.3 is 0 Å². The lowest BCUT2D eigenvalue weighted by atomic mass is 10.1. The number of hydrogen-bond donors (Lipinski definition) is 0. The van der Waals surface area contributed by atoms with Gasteiger partial charge in [0.05, 0.1) is 6.54 Å². The first-order chi connectivity index (χ1) is 9.72. The van der Waals surface area contributed by atoms with Crippen molar-refractivity contribution in [1.29, 1.82) is 0 Å². The number of hydrogen-bond acceptors (Lipinski definition) is 3. The van der Waals surface area contributed by atoms with Crippen LogP contribution in [-0.2, 0) is 6.54 Å². The summed E-state index contributed by atoms with van der Waals surface area (Å²) in [6, 6.07) is 12.7. The molecule has 100 valence electrons. The van der Waals surface area contributed by atoms with E-state index in [9.17, 15) is 9.18 Å². The molecule has 0 amide bonds. The second-order valence-corrected chi connectivity index (χ2v) is 4.35. The number of aromatic nitrogens is 2. The Morgan fingerprint density at radius 2 is 1.95 bits per heavy atom. The Balaban J connectivity index is 1.86. The monoisotopic (exact) mass is 270 g/mol. The van der Waals surface area contributed by atoms with E-state index < -0.39 is 0 Å². The molecule has 0 bridgehead atoms. The number of rotatable bonds is 3. The first kappa shape index (κ1) is 12.3. The minimum absolute atomic E-state index is 0.104. The lowest BCUT2D eigenvalue weighted by molar-refractivity contribution is 0.377. The molecular weight excluding hydrogens is 259 g/mol. The summed E-state index contributed by atoms with van der Waals surface area (Å²) in [4.78, 5) is 11.6. The molecule has 0 saturated heterocycles. The Hall–Kier alpha value is -2.69. The lowest BCUT2D eigenvalue weighted by Crippen LogP contribution is -2.17. The van der Waals surface area contributed by atoms with Crippen molar-refractivity contribution in [2.24, 2.45) is 0 Å². The summed E-state index contributed by atoms with van der Waals surface area (Å²) in [5.74, 6) is 0.269. The molecular formula is C15H11FN2O2. The molecule has 2 aromatic heterocycles. The van der Waals surface area contributed by atoms with E-state index in [2.05, 4.69) is 5.16 Å². The van der Waals surface area contributed by atoms with Gasteiger partial charge in [0.25, 0.3) is 5.56 Å². The largest absolute Gasteiger partial charge is 0.359 e. The second kappa shape index (κ2) is 5.13. The van der Waals surface area contributed by atoms with Crippen molar-refractivity contribution >= 4 is 0 Å². The van der Waals surface area contributed by atoms with Crippen molar-refractivity contribution in [3.63, 3.8) is 0 Å². The highest BCUT2D eigenvalue weighted by molar-refractivity contribution is 5.58. The maximum absolute atomic E-state index is 12.9. The fourth-order valence-corrected chi connectivity index (χ4v) is 1.90. The molecule has 0 saturated carbocycles. The summed E-state index contributed by atoms with van der Waals surface area (Å²) in [7, 11) is 0. The third-order valence-corrected chi connectivity index (χ3v) is 2.92. The van der Waals surface area contributed by atoms with Gasteiger partial charge in [0, 0.05) is 23.9 Å². The molecule has 2 heterocycles. The van der Waals surface area contributed by atoms with Gasteiger partial charge in [0.2, 0.25) is 0 Å². The first-order valence-electron chi connectivity index (χ1n) is 6.09. The highest BCUT2D eigenvalue weighted by atomic mass is 19.1. The molecule has 0 spiro atoms. The van der Waals surface area contributed by atoms with Crippen molar-refractivity contribution in [3.8, 4) is 11.3 Å². The lowest BCUT2D eigenvalue weighted by Gasteiger charge is -1.99. The van der Waals surface area contributed by atoms with Crippen LogP contribution >= 0.6 is 0 Å². The molecule has 0 N–H and O–H groups in total. The first-order valence-corrected chi connectivity index (χ1v) is 6.09. The van der Waals surface area contributed by atoms with Crippen molar-refractivity contribution in [2.75, 3.05) is 0 Å². The highest BCUT2D eigenvalue weighted by Crippen LogP contribution is 2.19. The van der Waals surface area contributed by atoms with Gasteiger partial charge in [-0.3, -0.25) is 4.79 Å². The molecule has 3 rings (SSSR count). The third-order valence-electron chi connectivity index (χ3n) is 2.92. The Kier molecular flexibility index (Phi) is 3.16. The Morgan fingerprint density at radius 1 is 1.15 bits per heavy atom. The van der Waals surface area contributed by atoms with Crippen LogP contribution in [-0.4, -0.2) is 9.72 Å². The molecule has 0 aliphatic heterocycles. The minimum Gasteiger partial charge on any atom is -0.359 e. The third kappa shape index (κ3) is 2.51. The molecule has 0 atom stereocenters. The molecule has 4 nitrogen and oxygen atoms in total. The minimum atomic E-state index is -0.298. The molecule has 20 heavy (non-hydrogen) atoms. The standard InChI is InChI=1S/C15H11FN2O2/c16-12-6-4-11(5-7-12)14-9-13(20-17-14)10-18-8-2-1-3-15(18)19/h1-9H,10H2. The van der Waals surface area contributed by atoms with Crippen LogP contribution in [0.3, 0.4) is 0 Å². The van der Waals surface area contributed by atoms with Crippen LogP contribution in [0.25, 0.3) is 11.3 Å². The number of halogens is 1. The summed E-state index contributed by atoms with van der Waals surface area (Å²) < 4.78 is 19.6. The highest BCUT2D eigenvalue weighted by Gasteiger charge is 2.07. The molecule has 0 fully saturated rings. The quantitative estimate of drug-likeness (QED) is 0.735. The topological polar surface area (TPSA) is 48.0 Å². The van der Waals surface area contributed by atoms with E-state index in [4.69, 9.17) is 4.52 Å². The average Bonchev–Trinajstić information content (AvgIpc) is 2.91. The van der Waals surface area contributed by atoms with Crippen molar-refractivity contribution in [2.45, 2.75) is 6.54 Å². The Labute approximate surface area is 114 Å². The van der Waals surface area contributed by atoms with E-state index in [1.54, 1.807) is 36.5 Å². The molecule has 0 aliphatic carbocycles. The van der Waals surface area contributed by atoms with Gasteiger partial charge < -0.3 is 9.09 Å². The summed E-state index contributed by atoms with van der Waals surface area (Å²) in [5, 5.41) is 3.93. The van der Waals surface area contributed by atoms with E-state index in [0.717, 1.165) is 5.56 Å². The molecule has 0 unspecified atom stereocenters. The van der Waals surface area contributed by atoms with Crippen LogP contribution in [0.5, 0.6) is 0 Å². The fourth-order valence-electron chi connectivity index (χ4n) is 1.90. The Morgan fingerprint density at radius 3 is 2.70 bits per heavy atom. The SMILES string of the molecule is O=c1ccccn1Cc1cc(-c2ccc(F)cc2)no1. The van der Waals surface area contributed by atoms with Gasteiger partial charge in [0.15, 0.2) is 5.76 Å². The normalized spacial score (nSPS) is 10.7. The smallest absolute Gasteiger partial charge is 0.250 e. The van der Waals surface area contributed by atoms with Crippen molar-refractivity contribution < 1.29 is 8.91 Å². The summed E-state index contributed by atoms with van der Waals surface area (Å²) in [6.45, 7) is 0.313. The zero-order chi connectivity index (χ0) is 13.9. The van der Waals surface area contributed by atoms with Crippen LogP contribution in [0.1, 0.15) is 5.76 Å². The summed E-state index contributed by atoms with van der Waals surface area (Å²) >= 11 is 0. The van der Waals surface area contributed by atoms with Crippen molar-refractivity contribution in [3.05, 3.63) is 76.7 Å². The van der Waals surface area contributed by atoms with E-state index >= 15 is 0 Å². The molecule has 0 radical (unpaired) electrons. The summed E-state index contributed by atoms with van der Waals surface area (Å²) in [5.41, 5.74) is 1.28. The summed E-state index contributed by atoms with van der Waals surface area (Å²) in [6.07, 6.45) is 1.68. The molecule has 5 heteroatoms. The van der Waals surface area contributed by atoms with Crippen LogP contribution < -0.4 is 5.56 Å². The van der Waals surface area contributed by atoms with Gasteiger partial charge in [-0.1, -0.05) is 11.2 Å². The van der Waals surface area contributed by atoms with Crippen LogP contribution in [0, 0.1) is 5.82 Å². The maximum atomic E-state index is 12.9. The van der Waals surface area contributed by atoms with E-state index in [1.807, 2.05) is 0 Å². The van der Waals surface area contributed by atoms with Gasteiger partial charge in [-0.15, -0.1) is 0 Å². The molecule has 3 aromatic rings. The Bertz CT molecular complexity index is 775. The van der Waals surface area contributed by atoms with Gasteiger partial charge in [-0.25, -0.2) is 4.39 Å². The van der Waals surface area contributed by atoms with Gasteiger partial charge in [-0.2, -0.15) is 0 Å². The zero-order valence-corrected chi connectivity index (χ0v) is 10.5. The van der Waals surface area contributed by atoms with E-state index in [0.29, 0.717) is 18.0 Å². The van der Waals surface area contributed by atoms with E-state index in [1.165, 1.54) is 22.8 Å². The average molecular weight is 270 g/mol. The second-order valence-electron chi connectivity index (χ2n) is 4.35. The zero-order valence-electron chi connectivity index (χ0n) is 10.5. The van der Waals surface area contributed by atoms with Crippen LogP contribution in [0.15, 0.2) is 64.0 Å². The predicted molar refractivity (Wildman–Crippen MR) is 71.7 cm³/mol. The van der Waals surface area contributed by atoms with Gasteiger partial charge in [-0.05, 0) is 30.3 Å². The molecule has 0 aliphatic rings. The van der Waals surface area contributed by atoms with Crippen LogP contribution in [0.2, 0.25) is 0 Å². The molecule has 1 aromatic carbocycles. The number of benzene rings is 1. The van der Waals surface area contributed by atoms with Gasteiger partial charge in [0.1, 0.15) is 11.5 Å².